The van der Waals surface area contributed by atoms with Crippen molar-refractivity contribution in [2.24, 2.45) is 23.3 Å². The molecule has 8 atom stereocenters. The fraction of sp³-hybridized carbons (Fsp3) is 0.473. The average molecular weight is 1290 g/mol. The molecule has 4 aromatic rings. The van der Waals surface area contributed by atoms with Crippen LogP contribution in [-0.2, 0) is 92.8 Å². The van der Waals surface area contributed by atoms with Crippen molar-refractivity contribution in [2.75, 3.05) is 39.3 Å². The summed E-state index contributed by atoms with van der Waals surface area (Å²) in [7, 11) is 0. The second-order valence-electron chi connectivity index (χ2n) is 21.5. The van der Waals surface area contributed by atoms with E-state index in [0.29, 0.717) is 22.6 Å². The number of benzene rings is 1. The number of primary amides is 1. The van der Waals surface area contributed by atoms with E-state index in [9.17, 15) is 77.3 Å². The van der Waals surface area contributed by atoms with Crippen LogP contribution in [0.3, 0.4) is 0 Å². The standard InChI is InChI=1S/C55H78N20O17/c1-27(2)46(54(91)72-38(14-32-17-60-26-68-32)51(88)65-22-45(83)84)75-44(82)21-63-50(87)37(13-31-16-59-25-67-31)71-53(90)35(9-10-40(57)78)69-41(79)18-62-49(86)36(12-30-15-58-24-66-30)70-42(80)19-64-52(89)39(23-76)73-55(92)47(28(3)4)74-43(81)20-61-48(85)34(56)11-29-5-7-33(77)8-6-29/h5-8,15-17,24-28,34-39,46-47,76-77H,9-14,18-23,56H2,1-4H3,(H2,57,78)(H,58,66)(H,59,67)(H,60,68)(H,61,85)(H,62,86)(H,63,87)(H,64,89)(H,65,88)(H,69,79)(H,70,80)(H,71,90)(H,72,91)(H,73,92)(H,74,81)(H,75,82)(H,83,84)/t34-,35-,36-,37-,38-,39-,46-,47-/m0/s1. The first-order valence-electron chi connectivity index (χ1n) is 28.7. The number of nitrogens with two attached hydrogens (primary N) is 2. The number of nitrogens with zero attached hydrogens (tertiary/aromatic N) is 3. The predicted octanol–water partition coefficient (Wildman–Crippen LogP) is -8.21. The number of hydrogen-bond donors (Lipinski definition) is 20. The Hall–Kier alpha value is -10.8. The first-order chi connectivity index (χ1) is 43.6. The van der Waals surface area contributed by atoms with Crippen LogP contribution in [0.4, 0.5) is 0 Å². The van der Waals surface area contributed by atoms with E-state index in [-0.39, 0.29) is 31.4 Å². The fourth-order valence-electron chi connectivity index (χ4n) is 8.47. The lowest BCUT2D eigenvalue weighted by Gasteiger charge is -2.25. The number of carbonyl (C=O) groups is 14. The summed E-state index contributed by atoms with van der Waals surface area (Å²) in [6.45, 7) is 1.57. The van der Waals surface area contributed by atoms with Gasteiger partial charge in [0, 0.05) is 61.4 Å². The molecule has 0 bridgehead atoms. The Balaban J connectivity index is 1.34. The molecule has 4 rings (SSSR count). The molecule has 0 aliphatic carbocycles. The molecule has 0 saturated heterocycles. The van der Waals surface area contributed by atoms with Gasteiger partial charge in [0.2, 0.25) is 76.8 Å². The van der Waals surface area contributed by atoms with Gasteiger partial charge < -0.3 is 106 Å². The lowest BCUT2D eigenvalue weighted by molar-refractivity contribution is -0.138. The zero-order valence-electron chi connectivity index (χ0n) is 50.6. The van der Waals surface area contributed by atoms with Crippen molar-refractivity contribution in [1.82, 2.24) is 93.7 Å². The normalized spacial score (nSPS) is 13.6. The first-order valence-corrected chi connectivity index (χ1v) is 28.7. The van der Waals surface area contributed by atoms with Gasteiger partial charge in [-0.3, -0.25) is 67.1 Å². The maximum atomic E-state index is 13.9. The van der Waals surface area contributed by atoms with Gasteiger partial charge in [-0.1, -0.05) is 39.8 Å². The van der Waals surface area contributed by atoms with Crippen LogP contribution >= 0.6 is 0 Å². The first kappa shape index (κ1) is 73.6. The SMILES string of the molecule is CC(C)[C@H](NC(=O)CNC(=O)[C@@H](N)Cc1ccc(O)cc1)C(=O)N[C@@H](CO)C(=O)NCC(=O)N[C@@H](Cc1cnc[nH]1)C(=O)NCC(=O)N[C@@H](CCC(N)=O)C(=O)N[C@@H](Cc1cnc[nH]1)C(=O)NCC(=O)N[C@H](C(=O)N[C@@H](Cc1cnc[nH]1)C(=O)NCC(=O)O)C(C)C. The number of hydrogen-bond acceptors (Lipinski definition) is 20. The van der Waals surface area contributed by atoms with Crippen molar-refractivity contribution >= 4 is 82.8 Å². The summed E-state index contributed by atoms with van der Waals surface area (Å²) < 4.78 is 0. The van der Waals surface area contributed by atoms with Crippen LogP contribution in [0.2, 0.25) is 0 Å². The smallest absolute Gasteiger partial charge is 0.322 e. The topological polar surface area (TPSA) is 582 Å². The molecule has 22 N–H and O–H groups in total. The van der Waals surface area contributed by atoms with Gasteiger partial charge in [-0.05, 0) is 42.4 Å². The summed E-state index contributed by atoms with van der Waals surface area (Å²) in [6, 6.07) is -5.20. The number of aromatic hydroxyl groups is 1. The highest BCUT2D eigenvalue weighted by Crippen LogP contribution is 2.12. The Morgan fingerprint density at radius 1 is 0.457 bits per heavy atom. The van der Waals surface area contributed by atoms with Crippen molar-refractivity contribution in [1.29, 1.82) is 0 Å². The van der Waals surface area contributed by atoms with Gasteiger partial charge in [-0.25, -0.2) is 15.0 Å². The Labute approximate surface area is 524 Å². The summed E-state index contributed by atoms with van der Waals surface area (Å²) in [6.07, 6.45) is 6.47. The number of amides is 13. The summed E-state index contributed by atoms with van der Waals surface area (Å²) in [5.41, 5.74) is 13.0. The van der Waals surface area contributed by atoms with Crippen LogP contribution in [-0.4, -0.2) is 216 Å². The number of carboxylic acids is 1. The Morgan fingerprint density at radius 3 is 1.20 bits per heavy atom. The molecule has 37 heteroatoms. The van der Waals surface area contributed by atoms with Crippen molar-refractivity contribution < 1.29 is 82.4 Å². The van der Waals surface area contributed by atoms with Gasteiger partial charge in [0.25, 0.3) is 0 Å². The minimum Gasteiger partial charge on any atom is -0.508 e. The minimum absolute atomic E-state index is 0.0205. The second kappa shape index (κ2) is 37.2. The highest BCUT2D eigenvalue weighted by atomic mass is 16.4. The highest BCUT2D eigenvalue weighted by molar-refractivity contribution is 5.98. The molecule has 3 heterocycles. The van der Waals surface area contributed by atoms with E-state index in [1.807, 2.05) is 0 Å². The van der Waals surface area contributed by atoms with Gasteiger partial charge in [0.1, 0.15) is 54.6 Å². The van der Waals surface area contributed by atoms with E-state index in [2.05, 4.69) is 93.7 Å². The molecule has 3 aromatic heterocycles. The second-order valence-corrected chi connectivity index (χ2v) is 21.5. The van der Waals surface area contributed by atoms with E-state index >= 15 is 0 Å². The molecule has 0 aliphatic rings. The fourth-order valence-corrected chi connectivity index (χ4v) is 8.47. The molecule has 0 saturated carbocycles. The number of aromatic nitrogens is 6. The lowest BCUT2D eigenvalue weighted by atomic mass is 10.0. The Bertz CT molecular complexity index is 3160. The summed E-state index contributed by atoms with van der Waals surface area (Å²) in [4.78, 5) is 203. The van der Waals surface area contributed by atoms with Crippen molar-refractivity contribution in [2.45, 2.75) is 115 Å². The largest absolute Gasteiger partial charge is 0.508 e. The molecule has 0 aliphatic heterocycles. The van der Waals surface area contributed by atoms with Crippen molar-refractivity contribution in [3.05, 3.63) is 84.5 Å². The summed E-state index contributed by atoms with van der Waals surface area (Å²) in [5, 5.41) is 57.1. The number of imidazole rings is 3. The van der Waals surface area contributed by atoms with Gasteiger partial charge in [-0.2, -0.15) is 0 Å². The Kier molecular flexibility index (Phi) is 29.8. The van der Waals surface area contributed by atoms with Crippen LogP contribution in [0.1, 0.15) is 63.2 Å². The quantitative estimate of drug-likeness (QED) is 0.0197. The Morgan fingerprint density at radius 2 is 0.815 bits per heavy atom. The zero-order chi connectivity index (χ0) is 68.0. The number of phenolic OH excluding ortho intramolecular Hbond substituents is 1. The van der Waals surface area contributed by atoms with Gasteiger partial charge in [0.05, 0.1) is 57.8 Å². The number of aliphatic hydroxyl groups excluding tert-OH is 1. The molecule has 500 valence electrons. The van der Waals surface area contributed by atoms with Crippen LogP contribution in [0.5, 0.6) is 5.75 Å². The van der Waals surface area contributed by atoms with Crippen LogP contribution in [0, 0.1) is 11.8 Å². The lowest BCUT2D eigenvalue weighted by Crippen LogP contribution is -2.58. The summed E-state index contributed by atoms with van der Waals surface area (Å²) in [5.74, 6) is -14.4. The molecule has 0 spiro atoms. The maximum Gasteiger partial charge on any atom is 0.322 e. The van der Waals surface area contributed by atoms with Crippen LogP contribution in [0.15, 0.2) is 61.8 Å². The third-order valence-corrected chi connectivity index (χ3v) is 13.4. The zero-order valence-corrected chi connectivity index (χ0v) is 50.6. The number of aliphatic carboxylic acids is 1. The minimum atomic E-state index is -1.66. The van der Waals surface area contributed by atoms with E-state index in [1.54, 1.807) is 39.8 Å². The number of phenols is 1. The van der Waals surface area contributed by atoms with E-state index < -0.39 is 195 Å². The number of carbonyl (C=O) groups excluding carboxylic acids is 13. The van der Waals surface area contributed by atoms with Gasteiger partial charge in [0.15, 0.2) is 0 Å². The van der Waals surface area contributed by atoms with E-state index in [0.717, 1.165) is 0 Å². The van der Waals surface area contributed by atoms with E-state index in [1.165, 1.54) is 49.7 Å². The molecule has 1 aromatic carbocycles. The van der Waals surface area contributed by atoms with Gasteiger partial charge >= 0.3 is 5.97 Å². The predicted molar refractivity (Wildman–Crippen MR) is 318 cm³/mol. The molecule has 0 unspecified atom stereocenters. The molecule has 0 fully saturated rings. The van der Waals surface area contributed by atoms with Crippen molar-refractivity contribution in [3.8, 4) is 5.75 Å². The third-order valence-electron chi connectivity index (χ3n) is 13.4. The molecular weight excluding hydrogens is 1210 g/mol. The van der Waals surface area contributed by atoms with Crippen LogP contribution in [0.25, 0.3) is 0 Å². The summed E-state index contributed by atoms with van der Waals surface area (Å²) >= 11 is 0. The molecular formula is C55H78N20O17. The monoisotopic (exact) mass is 1290 g/mol. The van der Waals surface area contributed by atoms with Gasteiger partial charge in [-0.15, -0.1) is 0 Å². The number of aromatic amines is 3. The molecule has 92 heavy (non-hydrogen) atoms. The van der Waals surface area contributed by atoms with E-state index in [4.69, 9.17) is 16.6 Å². The average Bonchev–Trinajstić information content (AvgIpc) is 1.59. The number of rotatable bonds is 39. The number of carboxylic acid groups (broad SMARTS) is 1. The van der Waals surface area contributed by atoms with Crippen molar-refractivity contribution in [3.63, 3.8) is 0 Å². The number of nitrogens with one attached hydrogen (secondary N) is 15. The number of aliphatic hydroxyl groups is 1. The number of H-pyrrole nitrogens is 3. The van der Waals surface area contributed by atoms with Crippen LogP contribution < -0.4 is 75.3 Å². The maximum absolute atomic E-state index is 13.9. The third kappa shape index (κ3) is 26.1. The molecule has 37 nitrogen and oxygen atoms in total. The molecule has 13 amide bonds. The highest BCUT2D eigenvalue weighted by Gasteiger charge is 2.34. The molecule has 0 radical (unpaired) electrons.